The fourth-order valence-electron chi connectivity index (χ4n) is 3.45. The maximum atomic E-state index is 10.4. The Balaban J connectivity index is 0.000000445. The Kier molecular flexibility index (Phi) is 11.9. The molecule has 2 fully saturated rings. The first-order valence-electron chi connectivity index (χ1n) is 9.96. The van der Waals surface area contributed by atoms with Crippen molar-refractivity contribution in [3.05, 3.63) is 29.1 Å². The number of carbonyl (C=O) groups excluding carboxylic acids is 1. The molecular formula is C21H31N4O3W-. The van der Waals surface area contributed by atoms with Crippen molar-refractivity contribution in [2.75, 3.05) is 33.4 Å². The van der Waals surface area contributed by atoms with E-state index < -0.39 is 6.04 Å². The molecule has 1 aromatic carbocycles. The zero-order chi connectivity index (χ0) is 20.2. The quantitative estimate of drug-likeness (QED) is 0.416. The van der Waals surface area contributed by atoms with Crippen LogP contribution in [0.2, 0.25) is 0 Å². The van der Waals surface area contributed by atoms with Crippen LogP contribution in [0.1, 0.15) is 44.1 Å². The Morgan fingerprint density at radius 3 is 2.86 bits per heavy atom. The van der Waals surface area contributed by atoms with Crippen LogP contribution in [0.25, 0.3) is 5.32 Å². The second-order valence-electron chi connectivity index (χ2n) is 7.28. The van der Waals surface area contributed by atoms with Crippen LogP contribution in [0.4, 0.5) is 5.69 Å². The largest absolute Gasteiger partial charge is 0.684 e. The predicted octanol–water partition coefficient (Wildman–Crippen LogP) is 2.86. The first kappa shape index (κ1) is 25.4. The average Bonchev–Trinajstić information content (AvgIpc) is 3.53. The molecule has 1 aromatic rings. The molecule has 1 saturated heterocycles. The van der Waals surface area contributed by atoms with Gasteiger partial charge in [-0.1, -0.05) is 17.8 Å². The van der Waals surface area contributed by atoms with Crippen LogP contribution in [0.3, 0.4) is 0 Å². The van der Waals surface area contributed by atoms with Gasteiger partial charge in [-0.3, -0.25) is 4.79 Å². The number of nitrogens with zero attached hydrogens (tertiary/aromatic N) is 2. The normalized spacial score (nSPS) is 17.8. The van der Waals surface area contributed by atoms with Crippen molar-refractivity contribution in [3.63, 3.8) is 0 Å². The maximum absolute atomic E-state index is 10.4. The number of aromatic hydroxyl groups is 1. The van der Waals surface area contributed by atoms with Gasteiger partial charge in [0.25, 0.3) is 0 Å². The number of benzene rings is 1. The minimum absolute atomic E-state index is 0. The van der Waals surface area contributed by atoms with Crippen molar-refractivity contribution in [1.29, 1.82) is 5.26 Å². The molecule has 1 atom stereocenters. The molecule has 2 aliphatic rings. The molecule has 29 heavy (non-hydrogen) atoms. The molecule has 1 amide bonds. The van der Waals surface area contributed by atoms with Crippen LogP contribution < -0.4 is 10.6 Å². The summed E-state index contributed by atoms with van der Waals surface area (Å²) in [5.41, 5.74) is 1.99. The summed E-state index contributed by atoms with van der Waals surface area (Å²) in [7, 11) is 1.67. The number of phenolic OH excluding ortho intramolecular Hbond substituents is 1. The molecule has 8 heteroatoms. The molecule has 1 saturated carbocycles. The number of nitriles is 1. The Hall–Kier alpha value is -1.61. The van der Waals surface area contributed by atoms with E-state index in [9.17, 15) is 9.90 Å². The molecule has 0 aromatic heterocycles. The molecule has 1 heterocycles. The standard InChI is InChI=1S/C16H20N3O2.C5H11NO.W/c1-18-14-9-12(4-5-15(14)21)16(7-8-16)6-2-3-13(10-17)19-11-20;1-2-6-3-5-7-4-1;/h4-5,9,11,13,21H,2-3,6-8H2,1H3,(H,19,20);6H,1-5H2;/q-1;;. The fourth-order valence-corrected chi connectivity index (χ4v) is 3.45. The molecular weight excluding hydrogens is 540 g/mol. The van der Waals surface area contributed by atoms with Gasteiger partial charge in [0.1, 0.15) is 11.8 Å². The molecule has 1 aliphatic heterocycles. The topological polar surface area (TPSA) is 108 Å². The Morgan fingerprint density at radius 2 is 2.21 bits per heavy atom. The fraction of sp³-hybridized carbons (Fsp3) is 0.619. The van der Waals surface area contributed by atoms with E-state index in [1.807, 2.05) is 12.1 Å². The van der Waals surface area contributed by atoms with Gasteiger partial charge in [-0.25, -0.2) is 0 Å². The van der Waals surface area contributed by atoms with Crippen molar-refractivity contribution >= 4 is 12.1 Å². The monoisotopic (exact) mass is 571 g/mol. The summed E-state index contributed by atoms with van der Waals surface area (Å²) in [5.74, 6) is 0.205. The van der Waals surface area contributed by atoms with Gasteiger partial charge in [0.15, 0.2) is 0 Å². The number of nitrogens with one attached hydrogen (secondary N) is 2. The van der Waals surface area contributed by atoms with E-state index in [0.717, 1.165) is 52.0 Å². The van der Waals surface area contributed by atoms with Crippen molar-refractivity contribution in [1.82, 2.24) is 10.6 Å². The van der Waals surface area contributed by atoms with Gasteiger partial charge in [0.05, 0.1) is 12.7 Å². The number of hydrogen-bond acceptors (Lipinski definition) is 5. The zero-order valence-electron chi connectivity index (χ0n) is 17.0. The third kappa shape index (κ3) is 8.34. The summed E-state index contributed by atoms with van der Waals surface area (Å²) in [4.78, 5) is 10.4. The van der Waals surface area contributed by atoms with Crippen LogP contribution >= 0.6 is 0 Å². The third-order valence-corrected chi connectivity index (χ3v) is 5.32. The van der Waals surface area contributed by atoms with E-state index in [1.165, 1.54) is 12.0 Å². The predicted molar refractivity (Wildman–Crippen MR) is 109 cm³/mol. The summed E-state index contributed by atoms with van der Waals surface area (Å²) in [6, 6.07) is 7.29. The van der Waals surface area contributed by atoms with Crippen molar-refractivity contribution in [2.24, 2.45) is 0 Å². The Labute approximate surface area is 187 Å². The van der Waals surface area contributed by atoms with E-state index >= 15 is 0 Å². The van der Waals surface area contributed by atoms with Crippen LogP contribution in [0.15, 0.2) is 18.2 Å². The summed E-state index contributed by atoms with van der Waals surface area (Å²) in [6.07, 6.45) is 6.53. The number of hydrogen-bond donors (Lipinski definition) is 3. The third-order valence-electron chi connectivity index (χ3n) is 5.32. The number of carbonyl (C=O) groups is 1. The van der Waals surface area contributed by atoms with Gasteiger partial charge >= 0.3 is 0 Å². The Bertz CT molecular complexity index is 642. The van der Waals surface area contributed by atoms with Gasteiger partial charge < -0.3 is 25.8 Å². The molecule has 0 bridgehead atoms. The van der Waals surface area contributed by atoms with Crippen LogP contribution in [0, 0.1) is 11.3 Å². The van der Waals surface area contributed by atoms with Gasteiger partial charge in [0, 0.05) is 34.2 Å². The van der Waals surface area contributed by atoms with Crippen molar-refractivity contribution < 1.29 is 35.7 Å². The van der Waals surface area contributed by atoms with Gasteiger partial charge in [-0.2, -0.15) is 5.26 Å². The minimum atomic E-state index is -0.403. The average molecular weight is 571 g/mol. The smallest absolute Gasteiger partial charge is 0.208 e. The molecule has 0 radical (unpaired) electrons. The molecule has 7 nitrogen and oxygen atoms in total. The minimum Gasteiger partial charge on any atom is -0.684 e. The summed E-state index contributed by atoms with van der Waals surface area (Å²) in [6.45, 7) is 3.98. The van der Waals surface area contributed by atoms with Crippen LogP contribution in [-0.4, -0.2) is 50.9 Å². The van der Waals surface area contributed by atoms with E-state index in [4.69, 9.17) is 10.00 Å². The second kappa shape index (κ2) is 13.6. The van der Waals surface area contributed by atoms with Gasteiger partial charge in [-0.05, 0) is 62.1 Å². The Morgan fingerprint density at radius 1 is 1.41 bits per heavy atom. The summed E-state index contributed by atoms with van der Waals surface area (Å²) in [5, 5.41) is 28.4. The summed E-state index contributed by atoms with van der Waals surface area (Å²) < 4.78 is 5.13. The number of ether oxygens (including phenoxy) is 1. The van der Waals surface area contributed by atoms with E-state index in [2.05, 4.69) is 22.0 Å². The van der Waals surface area contributed by atoms with Crippen LogP contribution in [0.5, 0.6) is 5.75 Å². The van der Waals surface area contributed by atoms with Crippen LogP contribution in [-0.2, 0) is 36.0 Å². The first-order valence-corrected chi connectivity index (χ1v) is 9.96. The molecule has 3 rings (SSSR count). The first-order chi connectivity index (χ1) is 13.6. The van der Waals surface area contributed by atoms with Gasteiger partial charge in [-0.15, -0.1) is 7.05 Å². The molecule has 1 unspecified atom stereocenters. The zero-order valence-corrected chi connectivity index (χ0v) is 20.0. The van der Waals surface area contributed by atoms with Crippen molar-refractivity contribution in [2.45, 2.75) is 50.0 Å². The van der Waals surface area contributed by atoms with E-state index in [-0.39, 0.29) is 32.2 Å². The molecule has 160 valence electrons. The van der Waals surface area contributed by atoms with E-state index in [1.54, 1.807) is 13.1 Å². The maximum Gasteiger partial charge on any atom is 0.208 e. The second-order valence-corrected chi connectivity index (χ2v) is 7.28. The summed E-state index contributed by atoms with van der Waals surface area (Å²) >= 11 is 0. The van der Waals surface area contributed by atoms with Crippen molar-refractivity contribution in [3.8, 4) is 11.8 Å². The molecule has 0 spiro atoms. The molecule has 1 aliphatic carbocycles. The number of phenols is 1. The number of amides is 1. The number of rotatable bonds is 8. The SMILES string of the molecule is C1CNCCOC1.C[N-]c1cc(C2(CCCC(C#N)NC=O)CC2)ccc1O.[W]. The molecule has 3 N–H and O–H groups in total. The van der Waals surface area contributed by atoms with E-state index in [0.29, 0.717) is 18.5 Å². The van der Waals surface area contributed by atoms with Gasteiger partial charge in [0.2, 0.25) is 6.41 Å².